The first-order valence-electron chi connectivity index (χ1n) is 6.56. The van der Waals surface area contributed by atoms with Crippen LogP contribution in [0.4, 0.5) is 0 Å². The first-order chi connectivity index (χ1) is 6.80. The molecule has 1 saturated carbocycles. The molecule has 0 amide bonds. The Balaban J connectivity index is 2.48. The Morgan fingerprint density at radius 3 is 2.20 bits per heavy atom. The maximum Gasteiger partial charge on any atom is 0.00772 e. The SMILES string of the molecule is CC1CC(NC(C)C(C)C)CC(C)(C)C1. The molecule has 0 saturated heterocycles. The van der Waals surface area contributed by atoms with Crippen molar-refractivity contribution < 1.29 is 0 Å². The van der Waals surface area contributed by atoms with Gasteiger partial charge in [-0.3, -0.25) is 0 Å². The number of nitrogens with one attached hydrogen (secondary N) is 1. The highest BCUT2D eigenvalue weighted by Gasteiger charge is 2.32. The monoisotopic (exact) mass is 211 g/mol. The third-order valence-electron chi connectivity index (χ3n) is 3.89. The maximum absolute atomic E-state index is 3.80. The van der Waals surface area contributed by atoms with Crippen LogP contribution in [-0.2, 0) is 0 Å². The normalized spacial score (nSPS) is 33.0. The van der Waals surface area contributed by atoms with Crippen molar-refractivity contribution in [1.29, 1.82) is 0 Å². The molecule has 1 rings (SSSR count). The molecule has 90 valence electrons. The molecule has 0 radical (unpaired) electrons. The maximum atomic E-state index is 3.80. The summed E-state index contributed by atoms with van der Waals surface area (Å²) in [4.78, 5) is 0. The molecule has 1 fully saturated rings. The van der Waals surface area contributed by atoms with E-state index >= 15 is 0 Å². The Bertz CT molecular complexity index is 196. The Hall–Kier alpha value is -0.0400. The lowest BCUT2D eigenvalue weighted by Gasteiger charge is -2.41. The van der Waals surface area contributed by atoms with E-state index in [1.165, 1.54) is 19.3 Å². The van der Waals surface area contributed by atoms with Gasteiger partial charge in [0.2, 0.25) is 0 Å². The van der Waals surface area contributed by atoms with E-state index in [4.69, 9.17) is 0 Å². The van der Waals surface area contributed by atoms with Crippen LogP contribution in [0, 0.1) is 17.3 Å². The molecule has 0 heterocycles. The lowest BCUT2D eigenvalue weighted by Crippen LogP contribution is -2.45. The topological polar surface area (TPSA) is 12.0 Å². The highest BCUT2D eigenvalue weighted by Crippen LogP contribution is 2.38. The van der Waals surface area contributed by atoms with E-state index in [9.17, 15) is 0 Å². The quantitative estimate of drug-likeness (QED) is 0.748. The van der Waals surface area contributed by atoms with Gasteiger partial charge in [-0.25, -0.2) is 0 Å². The van der Waals surface area contributed by atoms with Gasteiger partial charge in [0, 0.05) is 12.1 Å². The van der Waals surface area contributed by atoms with Crippen LogP contribution in [0.3, 0.4) is 0 Å². The molecule has 0 bridgehead atoms. The van der Waals surface area contributed by atoms with Gasteiger partial charge in [-0.05, 0) is 43.4 Å². The second-order valence-electron chi connectivity index (χ2n) is 6.81. The summed E-state index contributed by atoms with van der Waals surface area (Å²) in [5, 5.41) is 3.80. The predicted octanol–water partition coefficient (Wildman–Crippen LogP) is 3.84. The molecule has 0 aromatic rings. The first kappa shape index (κ1) is 13.0. The van der Waals surface area contributed by atoms with Crippen molar-refractivity contribution in [1.82, 2.24) is 5.32 Å². The minimum Gasteiger partial charge on any atom is -0.311 e. The van der Waals surface area contributed by atoms with Gasteiger partial charge in [0.1, 0.15) is 0 Å². The fraction of sp³-hybridized carbons (Fsp3) is 1.00. The van der Waals surface area contributed by atoms with Gasteiger partial charge in [0.05, 0.1) is 0 Å². The average Bonchev–Trinajstić information content (AvgIpc) is 1.99. The van der Waals surface area contributed by atoms with E-state index in [0.29, 0.717) is 11.5 Å². The largest absolute Gasteiger partial charge is 0.311 e. The van der Waals surface area contributed by atoms with E-state index in [1.54, 1.807) is 0 Å². The lowest BCUT2D eigenvalue weighted by atomic mass is 9.70. The van der Waals surface area contributed by atoms with Crippen molar-refractivity contribution in [3.8, 4) is 0 Å². The molecule has 1 nitrogen and oxygen atoms in total. The van der Waals surface area contributed by atoms with Crippen LogP contribution in [0.25, 0.3) is 0 Å². The third-order valence-corrected chi connectivity index (χ3v) is 3.89. The molecule has 0 aromatic carbocycles. The van der Waals surface area contributed by atoms with Crippen molar-refractivity contribution in [2.24, 2.45) is 17.3 Å². The Morgan fingerprint density at radius 2 is 1.73 bits per heavy atom. The van der Waals surface area contributed by atoms with Crippen molar-refractivity contribution in [3.05, 3.63) is 0 Å². The van der Waals surface area contributed by atoms with Gasteiger partial charge in [-0.15, -0.1) is 0 Å². The smallest absolute Gasteiger partial charge is 0.00772 e. The molecular weight excluding hydrogens is 182 g/mol. The molecule has 15 heavy (non-hydrogen) atoms. The van der Waals surface area contributed by atoms with E-state index < -0.39 is 0 Å². The van der Waals surface area contributed by atoms with Gasteiger partial charge in [0.25, 0.3) is 0 Å². The summed E-state index contributed by atoms with van der Waals surface area (Å²) in [5.74, 6) is 1.62. The molecule has 1 aliphatic rings. The Labute approximate surface area is 96.0 Å². The van der Waals surface area contributed by atoms with Gasteiger partial charge >= 0.3 is 0 Å². The van der Waals surface area contributed by atoms with Crippen LogP contribution < -0.4 is 5.32 Å². The summed E-state index contributed by atoms with van der Waals surface area (Å²) >= 11 is 0. The minimum atomic E-state index is 0.534. The van der Waals surface area contributed by atoms with Crippen LogP contribution in [0.5, 0.6) is 0 Å². The minimum absolute atomic E-state index is 0.534. The van der Waals surface area contributed by atoms with Gasteiger partial charge in [-0.1, -0.05) is 34.6 Å². The van der Waals surface area contributed by atoms with E-state index in [-0.39, 0.29) is 0 Å². The molecule has 0 aliphatic heterocycles. The molecular formula is C14H29N. The third kappa shape index (κ3) is 4.14. The van der Waals surface area contributed by atoms with Crippen LogP contribution >= 0.6 is 0 Å². The molecule has 3 atom stereocenters. The molecule has 0 aromatic heterocycles. The Kier molecular flexibility index (Phi) is 4.22. The fourth-order valence-corrected chi connectivity index (χ4v) is 3.04. The summed E-state index contributed by atoms with van der Waals surface area (Å²) in [6.45, 7) is 14.1. The number of hydrogen-bond acceptors (Lipinski definition) is 1. The molecule has 1 heteroatoms. The van der Waals surface area contributed by atoms with Gasteiger partial charge < -0.3 is 5.32 Å². The van der Waals surface area contributed by atoms with E-state index in [2.05, 4.69) is 46.9 Å². The van der Waals surface area contributed by atoms with E-state index in [0.717, 1.165) is 17.9 Å². The lowest BCUT2D eigenvalue weighted by molar-refractivity contribution is 0.141. The summed E-state index contributed by atoms with van der Waals surface area (Å²) in [7, 11) is 0. The van der Waals surface area contributed by atoms with Crippen LogP contribution in [0.15, 0.2) is 0 Å². The molecule has 1 N–H and O–H groups in total. The molecule has 0 spiro atoms. The summed E-state index contributed by atoms with van der Waals surface area (Å²) in [6.07, 6.45) is 4.09. The zero-order chi connectivity index (χ0) is 11.6. The van der Waals surface area contributed by atoms with Crippen molar-refractivity contribution in [2.45, 2.75) is 72.9 Å². The van der Waals surface area contributed by atoms with Crippen LogP contribution in [0.1, 0.15) is 60.8 Å². The standard InChI is InChI=1S/C14H29N/c1-10(2)12(4)15-13-7-11(3)8-14(5,6)9-13/h10-13,15H,7-9H2,1-6H3. The second-order valence-corrected chi connectivity index (χ2v) is 6.81. The van der Waals surface area contributed by atoms with Crippen molar-refractivity contribution >= 4 is 0 Å². The van der Waals surface area contributed by atoms with Crippen LogP contribution in [-0.4, -0.2) is 12.1 Å². The van der Waals surface area contributed by atoms with Gasteiger partial charge in [-0.2, -0.15) is 0 Å². The average molecular weight is 211 g/mol. The molecule has 3 unspecified atom stereocenters. The summed E-state index contributed by atoms with van der Waals surface area (Å²) in [6, 6.07) is 1.39. The first-order valence-corrected chi connectivity index (χ1v) is 6.56. The zero-order valence-electron chi connectivity index (χ0n) is 11.4. The van der Waals surface area contributed by atoms with Crippen LogP contribution in [0.2, 0.25) is 0 Å². The highest BCUT2D eigenvalue weighted by molar-refractivity contribution is 4.87. The van der Waals surface area contributed by atoms with Crippen molar-refractivity contribution in [2.75, 3.05) is 0 Å². The van der Waals surface area contributed by atoms with Crippen molar-refractivity contribution in [3.63, 3.8) is 0 Å². The fourth-order valence-electron chi connectivity index (χ4n) is 3.04. The zero-order valence-corrected chi connectivity index (χ0v) is 11.4. The second kappa shape index (κ2) is 4.86. The van der Waals surface area contributed by atoms with Gasteiger partial charge in [0.15, 0.2) is 0 Å². The highest BCUT2D eigenvalue weighted by atomic mass is 15.0. The summed E-state index contributed by atoms with van der Waals surface area (Å²) in [5.41, 5.74) is 0.534. The number of rotatable bonds is 3. The van der Waals surface area contributed by atoms with E-state index in [1.807, 2.05) is 0 Å². The molecule has 1 aliphatic carbocycles. The Morgan fingerprint density at radius 1 is 1.13 bits per heavy atom. The summed E-state index contributed by atoms with van der Waals surface area (Å²) < 4.78 is 0. The predicted molar refractivity (Wildman–Crippen MR) is 68.0 cm³/mol. The number of hydrogen-bond donors (Lipinski definition) is 1.